The van der Waals surface area contributed by atoms with Crippen LogP contribution in [0.25, 0.3) is 0 Å². The number of benzene rings is 1. The van der Waals surface area contributed by atoms with E-state index in [2.05, 4.69) is 0 Å². The maximum atomic E-state index is 11.6. The van der Waals surface area contributed by atoms with Crippen LogP contribution < -0.4 is 4.74 Å². The Labute approximate surface area is 89.7 Å². The van der Waals surface area contributed by atoms with E-state index in [0.717, 1.165) is 6.42 Å². The van der Waals surface area contributed by atoms with Crippen molar-refractivity contribution in [2.45, 2.75) is 26.7 Å². The first-order chi connectivity index (χ1) is 7.20. The van der Waals surface area contributed by atoms with Gasteiger partial charge in [0.2, 0.25) is 0 Å². The molecule has 3 nitrogen and oxygen atoms in total. The molecule has 0 aliphatic heterocycles. The molecule has 1 N–H and O–H groups in total. The van der Waals surface area contributed by atoms with Crippen molar-refractivity contribution in [3.05, 3.63) is 23.8 Å². The number of rotatable bonds is 5. The molecular weight excluding hydrogens is 192 g/mol. The minimum Gasteiger partial charge on any atom is -0.507 e. The quantitative estimate of drug-likeness (QED) is 0.757. The molecule has 0 bridgehead atoms. The molecule has 0 fully saturated rings. The van der Waals surface area contributed by atoms with Crippen molar-refractivity contribution >= 4 is 5.78 Å². The first-order valence-corrected chi connectivity index (χ1v) is 5.18. The molecule has 0 aliphatic rings. The van der Waals surface area contributed by atoms with Gasteiger partial charge in [0.25, 0.3) is 0 Å². The van der Waals surface area contributed by atoms with Crippen LogP contribution in [0.4, 0.5) is 0 Å². The summed E-state index contributed by atoms with van der Waals surface area (Å²) in [6.07, 6.45) is 1.23. The third-order valence-corrected chi connectivity index (χ3v) is 2.07. The average Bonchev–Trinajstić information content (AvgIpc) is 2.25. The minimum atomic E-state index is -0.0980. The van der Waals surface area contributed by atoms with Crippen LogP contribution in [0.1, 0.15) is 37.0 Å². The van der Waals surface area contributed by atoms with E-state index >= 15 is 0 Å². The highest BCUT2D eigenvalue weighted by Gasteiger charge is 2.15. The number of carbonyl (C=O) groups is 1. The molecule has 82 valence electrons. The summed E-state index contributed by atoms with van der Waals surface area (Å²) in [5.74, 6) is 0.373. The molecule has 1 aromatic rings. The van der Waals surface area contributed by atoms with E-state index in [1.54, 1.807) is 19.1 Å². The maximum absolute atomic E-state index is 11.6. The zero-order chi connectivity index (χ0) is 11.3. The van der Waals surface area contributed by atoms with Gasteiger partial charge in [-0.05, 0) is 18.6 Å². The van der Waals surface area contributed by atoms with Crippen LogP contribution >= 0.6 is 0 Å². The van der Waals surface area contributed by atoms with E-state index < -0.39 is 0 Å². The number of hydrogen-bond acceptors (Lipinski definition) is 3. The zero-order valence-corrected chi connectivity index (χ0v) is 9.12. The zero-order valence-electron chi connectivity index (χ0n) is 9.12. The van der Waals surface area contributed by atoms with Crippen molar-refractivity contribution in [1.82, 2.24) is 0 Å². The van der Waals surface area contributed by atoms with Crippen molar-refractivity contribution in [3.8, 4) is 11.5 Å². The van der Waals surface area contributed by atoms with Gasteiger partial charge >= 0.3 is 0 Å². The van der Waals surface area contributed by atoms with Crippen molar-refractivity contribution in [2.24, 2.45) is 0 Å². The molecule has 15 heavy (non-hydrogen) atoms. The molecule has 0 aromatic heterocycles. The number of ketones is 1. The Kier molecular flexibility index (Phi) is 4.16. The second-order valence-corrected chi connectivity index (χ2v) is 3.28. The summed E-state index contributed by atoms with van der Waals surface area (Å²) in [5.41, 5.74) is 0.299. The van der Waals surface area contributed by atoms with Crippen LogP contribution in [-0.4, -0.2) is 17.5 Å². The van der Waals surface area contributed by atoms with Gasteiger partial charge in [-0.25, -0.2) is 0 Å². The highest BCUT2D eigenvalue weighted by atomic mass is 16.5. The summed E-state index contributed by atoms with van der Waals surface area (Å²) in [7, 11) is 0. The predicted molar refractivity (Wildman–Crippen MR) is 58.5 cm³/mol. The number of Topliss-reactive ketones (excluding diaryl/α,β-unsaturated/α-hetero) is 1. The molecule has 0 amide bonds. The highest BCUT2D eigenvalue weighted by molar-refractivity contribution is 6.00. The minimum absolute atomic E-state index is 0.00421. The predicted octanol–water partition coefficient (Wildman–Crippen LogP) is 2.77. The van der Waals surface area contributed by atoms with Gasteiger partial charge in [0.05, 0.1) is 6.61 Å². The Balaban J connectivity index is 3.03. The molecule has 0 radical (unpaired) electrons. The number of phenolic OH excluding ortho intramolecular Hbond substituents is 1. The van der Waals surface area contributed by atoms with Gasteiger partial charge in [0.1, 0.15) is 17.1 Å². The molecule has 1 aromatic carbocycles. The van der Waals surface area contributed by atoms with Crippen molar-refractivity contribution < 1.29 is 14.6 Å². The number of hydrogen-bond donors (Lipinski definition) is 1. The lowest BCUT2D eigenvalue weighted by Crippen LogP contribution is -2.04. The molecule has 3 heteroatoms. The molecule has 0 saturated carbocycles. The molecule has 0 unspecified atom stereocenters. The summed E-state index contributed by atoms with van der Waals surface area (Å²) < 4.78 is 5.41. The lowest BCUT2D eigenvalue weighted by Gasteiger charge is -2.10. The Morgan fingerprint density at radius 2 is 2.13 bits per heavy atom. The Bertz CT molecular complexity index is 345. The lowest BCUT2D eigenvalue weighted by molar-refractivity contribution is 0.0981. The smallest absolute Gasteiger partial charge is 0.170 e. The fourth-order valence-electron chi connectivity index (χ4n) is 1.31. The van der Waals surface area contributed by atoms with Crippen LogP contribution in [0.2, 0.25) is 0 Å². The summed E-state index contributed by atoms with van der Waals surface area (Å²) >= 11 is 0. The molecule has 0 saturated heterocycles. The summed E-state index contributed by atoms with van der Waals surface area (Å²) in [6, 6.07) is 4.88. The normalized spacial score (nSPS) is 10.0. The van der Waals surface area contributed by atoms with Crippen molar-refractivity contribution in [3.63, 3.8) is 0 Å². The van der Waals surface area contributed by atoms with Gasteiger partial charge in [-0.15, -0.1) is 0 Å². The van der Waals surface area contributed by atoms with Gasteiger partial charge in [-0.1, -0.05) is 19.9 Å². The van der Waals surface area contributed by atoms with E-state index in [1.165, 1.54) is 6.07 Å². The Morgan fingerprint density at radius 3 is 2.73 bits per heavy atom. The summed E-state index contributed by atoms with van der Waals surface area (Å²) in [4.78, 5) is 11.6. The fourth-order valence-corrected chi connectivity index (χ4v) is 1.31. The van der Waals surface area contributed by atoms with Gasteiger partial charge in [-0.3, -0.25) is 4.79 Å². The van der Waals surface area contributed by atoms with E-state index in [4.69, 9.17) is 4.74 Å². The highest BCUT2D eigenvalue weighted by Crippen LogP contribution is 2.28. The number of aromatic hydroxyl groups is 1. The standard InChI is InChI=1S/C12H16O3/c1-3-8-15-11-7-5-6-10(14)12(11)9(13)4-2/h5-7,14H,3-4,8H2,1-2H3. The Morgan fingerprint density at radius 1 is 1.40 bits per heavy atom. The lowest BCUT2D eigenvalue weighted by atomic mass is 10.1. The number of phenols is 1. The average molecular weight is 208 g/mol. The molecule has 1 rings (SSSR count). The topological polar surface area (TPSA) is 46.5 Å². The molecule has 0 atom stereocenters. The third kappa shape index (κ3) is 2.72. The monoisotopic (exact) mass is 208 g/mol. The van der Waals surface area contributed by atoms with E-state index in [1.807, 2.05) is 6.92 Å². The van der Waals surface area contributed by atoms with Crippen LogP contribution in [-0.2, 0) is 0 Å². The van der Waals surface area contributed by atoms with Gasteiger partial charge in [0, 0.05) is 6.42 Å². The van der Waals surface area contributed by atoms with Gasteiger partial charge in [-0.2, -0.15) is 0 Å². The number of carbonyl (C=O) groups excluding carboxylic acids is 1. The molecular formula is C12H16O3. The largest absolute Gasteiger partial charge is 0.507 e. The SMILES string of the molecule is CCCOc1cccc(O)c1C(=O)CC. The van der Waals surface area contributed by atoms with Crippen LogP contribution in [0.5, 0.6) is 11.5 Å². The van der Waals surface area contributed by atoms with Gasteiger partial charge < -0.3 is 9.84 Å². The molecule has 0 aliphatic carbocycles. The molecule has 0 heterocycles. The van der Waals surface area contributed by atoms with Crippen molar-refractivity contribution in [2.75, 3.05) is 6.61 Å². The third-order valence-electron chi connectivity index (χ3n) is 2.07. The van der Waals surface area contributed by atoms with Crippen LogP contribution in [0.3, 0.4) is 0 Å². The van der Waals surface area contributed by atoms with E-state index in [9.17, 15) is 9.90 Å². The first kappa shape index (κ1) is 11.6. The van der Waals surface area contributed by atoms with Gasteiger partial charge in [0.15, 0.2) is 5.78 Å². The van der Waals surface area contributed by atoms with Crippen LogP contribution in [0, 0.1) is 0 Å². The first-order valence-electron chi connectivity index (χ1n) is 5.18. The molecule has 0 spiro atoms. The van der Waals surface area contributed by atoms with Crippen LogP contribution in [0.15, 0.2) is 18.2 Å². The van der Waals surface area contributed by atoms with Crippen molar-refractivity contribution in [1.29, 1.82) is 0 Å². The summed E-state index contributed by atoms with van der Waals surface area (Å²) in [5, 5.41) is 9.59. The summed E-state index contributed by atoms with van der Waals surface area (Å²) in [6.45, 7) is 4.30. The number of ether oxygens (including phenoxy) is 1. The second-order valence-electron chi connectivity index (χ2n) is 3.28. The second kappa shape index (κ2) is 5.39. The Hall–Kier alpha value is -1.51. The van der Waals surface area contributed by atoms with E-state index in [0.29, 0.717) is 24.3 Å². The maximum Gasteiger partial charge on any atom is 0.170 e. The van der Waals surface area contributed by atoms with E-state index in [-0.39, 0.29) is 11.5 Å². The fraction of sp³-hybridized carbons (Fsp3) is 0.417.